The molecule has 0 saturated carbocycles. The van der Waals surface area contributed by atoms with E-state index >= 15 is 0 Å². The number of carbonyl (C=O) groups excluding carboxylic acids is 2. The number of anilines is 3. The topological polar surface area (TPSA) is 70.2 Å². The van der Waals surface area contributed by atoms with Gasteiger partial charge in [-0.2, -0.15) is 0 Å². The third-order valence-corrected chi connectivity index (χ3v) is 3.63. The molecular formula is C19H23N3O2. The summed E-state index contributed by atoms with van der Waals surface area (Å²) in [5, 5.41) is 8.79. The van der Waals surface area contributed by atoms with Gasteiger partial charge in [-0.25, -0.2) is 0 Å². The van der Waals surface area contributed by atoms with Crippen LogP contribution in [0.25, 0.3) is 0 Å². The first-order valence-electron chi connectivity index (χ1n) is 7.87. The van der Waals surface area contributed by atoms with Gasteiger partial charge in [0.15, 0.2) is 0 Å². The summed E-state index contributed by atoms with van der Waals surface area (Å²) in [6.07, 6.45) is 0. The Morgan fingerprint density at radius 3 is 2.08 bits per heavy atom. The Kier molecular flexibility index (Phi) is 5.58. The lowest BCUT2D eigenvalue weighted by atomic mass is 10.1. The van der Waals surface area contributed by atoms with E-state index in [4.69, 9.17) is 0 Å². The molecule has 0 aliphatic rings. The molecule has 0 aliphatic heterocycles. The molecular weight excluding hydrogens is 302 g/mol. The third kappa shape index (κ3) is 4.84. The van der Waals surface area contributed by atoms with E-state index < -0.39 is 0 Å². The molecule has 0 spiro atoms. The van der Waals surface area contributed by atoms with E-state index in [1.54, 1.807) is 24.3 Å². The second-order valence-corrected chi connectivity index (χ2v) is 5.93. The minimum atomic E-state index is -0.375. The van der Waals surface area contributed by atoms with Crippen molar-refractivity contribution in [3.05, 3.63) is 53.6 Å². The fourth-order valence-corrected chi connectivity index (χ4v) is 2.28. The zero-order valence-electron chi connectivity index (χ0n) is 14.4. The summed E-state index contributed by atoms with van der Waals surface area (Å²) < 4.78 is 0. The first kappa shape index (κ1) is 17.5. The molecule has 0 bridgehead atoms. The van der Waals surface area contributed by atoms with Gasteiger partial charge < -0.3 is 16.0 Å². The van der Waals surface area contributed by atoms with E-state index in [0.717, 1.165) is 16.8 Å². The van der Waals surface area contributed by atoms with Crippen LogP contribution in [0.5, 0.6) is 0 Å². The molecule has 24 heavy (non-hydrogen) atoms. The van der Waals surface area contributed by atoms with Gasteiger partial charge in [-0.05, 0) is 62.2 Å². The zero-order valence-corrected chi connectivity index (χ0v) is 14.4. The highest BCUT2D eigenvalue weighted by Gasteiger charge is 2.14. The van der Waals surface area contributed by atoms with Gasteiger partial charge in [0, 0.05) is 24.0 Å². The highest BCUT2D eigenvalue weighted by Crippen LogP contribution is 2.18. The molecule has 2 aromatic rings. The molecule has 5 heteroatoms. The Balaban J connectivity index is 1.98. The number of rotatable bonds is 5. The summed E-state index contributed by atoms with van der Waals surface area (Å²) in [7, 11) is 0. The van der Waals surface area contributed by atoms with E-state index in [9.17, 15) is 9.59 Å². The Hall–Kier alpha value is -2.82. The van der Waals surface area contributed by atoms with Crippen molar-refractivity contribution in [1.29, 1.82) is 0 Å². The molecule has 0 unspecified atom stereocenters. The minimum absolute atomic E-state index is 0.122. The maximum atomic E-state index is 12.3. The zero-order chi connectivity index (χ0) is 17.7. The summed E-state index contributed by atoms with van der Waals surface area (Å²) >= 11 is 0. The highest BCUT2D eigenvalue weighted by molar-refractivity contribution is 5.96. The van der Waals surface area contributed by atoms with E-state index in [2.05, 4.69) is 16.0 Å². The lowest BCUT2D eigenvalue weighted by Gasteiger charge is -2.17. The van der Waals surface area contributed by atoms with Crippen molar-refractivity contribution in [1.82, 2.24) is 0 Å². The summed E-state index contributed by atoms with van der Waals surface area (Å²) in [5.74, 6) is -0.249. The minimum Gasteiger partial charge on any atom is -0.374 e. The summed E-state index contributed by atoms with van der Waals surface area (Å²) in [4.78, 5) is 23.3. The van der Waals surface area contributed by atoms with Gasteiger partial charge in [0.1, 0.15) is 6.04 Å². The van der Waals surface area contributed by atoms with Crippen molar-refractivity contribution in [2.75, 3.05) is 16.0 Å². The van der Waals surface area contributed by atoms with Crippen LogP contribution in [0.3, 0.4) is 0 Å². The number of aryl methyl sites for hydroxylation is 2. The molecule has 2 amide bonds. The van der Waals surface area contributed by atoms with Crippen molar-refractivity contribution in [3.63, 3.8) is 0 Å². The fraction of sp³-hybridized carbons (Fsp3) is 0.263. The van der Waals surface area contributed by atoms with E-state index in [1.165, 1.54) is 6.92 Å². The predicted octanol–water partition coefficient (Wildman–Crippen LogP) is 3.70. The van der Waals surface area contributed by atoms with Crippen LogP contribution in [-0.2, 0) is 9.59 Å². The Bertz CT molecular complexity index is 739. The number of carbonyl (C=O) groups is 2. The molecule has 3 N–H and O–H groups in total. The van der Waals surface area contributed by atoms with Gasteiger partial charge in [-0.15, -0.1) is 0 Å². The van der Waals surface area contributed by atoms with Crippen molar-refractivity contribution in [2.45, 2.75) is 33.7 Å². The predicted molar refractivity (Wildman–Crippen MR) is 98.4 cm³/mol. The summed E-state index contributed by atoms with van der Waals surface area (Å²) in [5.41, 5.74) is 4.58. The average Bonchev–Trinajstić information content (AvgIpc) is 2.52. The molecule has 0 fully saturated rings. The van der Waals surface area contributed by atoms with Gasteiger partial charge >= 0.3 is 0 Å². The van der Waals surface area contributed by atoms with Gasteiger partial charge in [-0.1, -0.05) is 12.1 Å². The maximum absolute atomic E-state index is 12.3. The Morgan fingerprint density at radius 1 is 0.917 bits per heavy atom. The summed E-state index contributed by atoms with van der Waals surface area (Å²) in [6.45, 7) is 7.30. The number of amides is 2. The van der Waals surface area contributed by atoms with Crippen LogP contribution in [0.1, 0.15) is 25.0 Å². The van der Waals surface area contributed by atoms with Gasteiger partial charge in [-0.3, -0.25) is 9.59 Å². The second kappa shape index (κ2) is 7.64. The largest absolute Gasteiger partial charge is 0.374 e. The first-order valence-corrected chi connectivity index (χ1v) is 7.87. The molecule has 0 aromatic heterocycles. The second-order valence-electron chi connectivity index (χ2n) is 5.93. The summed E-state index contributed by atoms with van der Waals surface area (Å²) in [6, 6.07) is 12.7. The van der Waals surface area contributed by atoms with E-state index in [-0.39, 0.29) is 17.9 Å². The van der Waals surface area contributed by atoms with Crippen molar-refractivity contribution >= 4 is 28.9 Å². The van der Waals surface area contributed by atoms with Crippen LogP contribution in [0.15, 0.2) is 42.5 Å². The Morgan fingerprint density at radius 2 is 1.50 bits per heavy atom. The standard InChI is InChI=1S/C19H23N3O2/c1-12-5-6-13(2)18(11-12)20-14(3)19(24)22-17-9-7-16(8-10-17)21-15(4)23/h5-11,14,20H,1-4H3,(H,21,23)(H,22,24)/t14-/m1/s1. The molecule has 5 nitrogen and oxygen atoms in total. The first-order chi connectivity index (χ1) is 11.3. The Labute approximate surface area is 142 Å². The number of nitrogens with one attached hydrogen (secondary N) is 3. The quantitative estimate of drug-likeness (QED) is 0.785. The number of hydrogen-bond donors (Lipinski definition) is 3. The molecule has 2 aromatic carbocycles. The number of hydrogen-bond acceptors (Lipinski definition) is 3. The molecule has 0 heterocycles. The van der Waals surface area contributed by atoms with E-state index in [0.29, 0.717) is 11.4 Å². The number of benzene rings is 2. The van der Waals surface area contributed by atoms with Crippen LogP contribution in [0.2, 0.25) is 0 Å². The van der Waals surface area contributed by atoms with Crippen LogP contribution in [0, 0.1) is 13.8 Å². The van der Waals surface area contributed by atoms with Gasteiger partial charge in [0.25, 0.3) is 0 Å². The highest BCUT2D eigenvalue weighted by atomic mass is 16.2. The molecule has 0 aliphatic carbocycles. The van der Waals surface area contributed by atoms with Crippen LogP contribution < -0.4 is 16.0 Å². The lowest BCUT2D eigenvalue weighted by Crippen LogP contribution is -2.32. The van der Waals surface area contributed by atoms with Crippen LogP contribution in [-0.4, -0.2) is 17.9 Å². The molecule has 2 rings (SSSR count). The van der Waals surface area contributed by atoms with Crippen molar-refractivity contribution in [2.24, 2.45) is 0 Å². The monoisotopic (exact) mass is 325 g/mol. The average molecular weight is 325 g/mol. The van der Waals surface area contributed by atoms with E-state index in [1.807, 2.05) is 39.0 Å². The van der Waals surface area contributed by atoms with Crippen LogP contribution >= 0.6 is 0 Å². The molecule has 0 radical (unpaired) electrons. The normalized spacial score (nSPS) is 11.5. The smallest absolute Gasteiger partial charge is 0.246 e. The lowest BCUT2D eigenvalue weighted by molar-refractivity contribution is -0.116. The van der Waals surface area contributed by atoms with Crippen LogP contribution in [0.4, 0.5) is 17.1 Å². The van der Waals surface area contributed by atoms with Gasteiger partial charge in [0.2, 0.25) is 11.8 Å². The molecule has 1 atom stereocenters. The third-order valence-electron chi connectivity index (χ3n) is 3.63. The SMILES string of the molecule is CC(=O)Nc1ccc(NC(=O)[C@@H](C)Nc2cc(C)ccc2C)cc1. The maximum Gasteiger partial charge on any atom is 0.246 e. The van der Waals surface area contributed by atoms with Crippen molar-refractivity contribution < 1.29 is 9.59 Å². The molecule has 126 valence electrons. The fourth-order valence-electron chi connectivity index (χ4n) is 2.28. The van der Waals surface area contributed by atoms with Gasteiger partial charge in [0.05, 0.1) is 0 Å². The van der Waals surface area contributed by atoms with Crippen molar-refractivity contribution in [3.8, 4) is 0 Å². The molecule has 0 saturated heterocycles.